The van der Waals surface area contributed by atoms with E-state index in [9.17, 15) is 13.6 Å². The standard InChI is InChI=1S/C16H15F2NO/c17-14-7-8-15(18)13(10-14)11-19-16(20)9-6-12-4-2-1-3-5-12/h1-5,7-8,10H,6,9,11H2,(H,19,20). The van der Waals surface area contributed by atoms with Gasteiger partial charge < -0.3 is 5.32 Å². The number of hydrogen-bond acceptors (Lipinski definition) is 1. The van der Waals surface area contributed by atoms with Crippen LogP contribution in [0.4, 0.5) is 8.78 Å². The van der Waals surface area contributed by atoms with Gasteiger partial charge >= 0.3 is 0 Å². The molecule has 104 valence electrons. The fraction of sp³-hybridized carbons (Fsp3) is 0.188. The van der Waals surface area contributed by atoms with Crippen LogP contribution in [0.5, 0.6) is 0 Å². The summed E-state index contributed by atoms with van der Waals surface area (Å²) in [4.78, 5) is 11.7. The number of carbonyl (C=O) groups is 1. The van der Waals surface area contributed by atoms with Gasteiger partial charge in [-0.25, -0.2) is 8.78 Å². The van der Waals surface area contributed by atoms with Gasteiger partial charge in [0.1, 0.15) is 11.6 Å². The van der Waals surface area contributed by atoms with Crippen molar-refractivity contribution in [1.29, 1.82) is 0 Å². The van der Waals surface area contributed by atoms with Gasteiger partial charge in [0.2, 0.25) is 5.91 Å². The monoisotopic (exact) mass is 275 g/mol. The summed E-state index contributed by atoms with van der Waals surface area (Å²) in [6.45, 7) is -0.00276. The molecule has 2 nitrogen and oxygen atoms in total. The molecule has 0 spiro atoms. The van der Waals surface area contributed by atoms with E-state index in [2.05, 4.69) is 5.32 Å². The summed E-state index contributed by atoms with van der Waals surface area (Å²) in [7, 11) is 0. The first kappa shape index (κ1) is 14.2. The van der Waals surface area contributed by atoms with Gasteiger partial charge in [-0.1, -0.05) is 30.3 Å². The minimum atomic E-state index is -0.519. The van der Waals surface area contributed by atoms with E-state index < -0.39 is 11.6 Å². The predicted octanol–water partition coefficient (Wildman–Crippen LogP) is 3.21. The zero-order valence-corrected chi connectivity index (χ0v) is 10.9. The van der Waals surface area contributed by atoms with Crippen LogP contribution in [0.3, 0.4) is 0 Å². The molecule has 20 heavy (non-hydrogen) atoms. The highest BCUT2D eigenvalue weighted by molar-refractivity contribution is 5.76. The topological polar surface area (TPSA) is 29.1 Å². The van der Waals surface area contributed by atoms with Gasteiger partial charge in [-0.3, -0.25) is 4.79 Å². The first-order valence-corrected chi connectivity index (χ1v) is 6.40. The zero-order valence-electron chi connectivity index (χ0n) is 10.9. The molecule has 1 N–H and O–H groups in total. The Hall–Kier alpha value is -2.23. The van der Waals surface area contributed by atoms with Crippen LogP contribution >= 0.6 is 0 Å². The third-order valence-corrected chi connectivity index (χ3v) is 2.97. The number of nitrogens with one attached hydrogen (secondary N) is 1. The molecule has 4 heteroatoms. The smallest absolute Gasteiger partial charge is 0.220 e. The van der Waals surface area contributed by atoms with Gasteiger partial charge in [0.15, 0.2) is 0 Å². The normalized spacial score (nSPS) is 10.3. The van der Waals surface area contributed by atoms with Gasteiger partial charge in [0, 0.05) is 18.5 Å². The van der Waals surface area contributed by atoms with E-state index in [1.165, 1.54) is 0 Å². The van der Waals surface area contributed by atoms with Crippen molar-refractivity contribution in [2.24, 2.45) is 0 Å². The summed E-state index contributed by atoms with van der Waals surface area (Å²) < 4.78 is 26.3. The minimum absolute atomic E-state index is 0.00276. The van der Waals surface area contributed by atoms with Crippen molar-refractivity contribution in [2.75, 3.05) is 0 Å². The van der Waals surface area contributed by atoms with Gasteiger partial charge in [0.25, 0.3) is 0 Å². The van der Waals surface area contributed by atoms with Crippen molar-refractivity contribution in [1.82, 2.24) is 5.32 Å². The molecule has 0 aliphatic rings. The largest absolute Gasteiger partial charge is 0.352 e. The second-order valence-electron chi connectivity index (χ2n) is 4.50. The van der Waals surface area contributed by atoms with Gasteiger partial charge in [0.05, 0.1) is 0 Å². The van der Waals surface area contributed by atoms with Crippen molar-refractivity contribution < 1.29 is 13.6 Å². The van der Waals surface area contributed by atoms with Crippen LogP contribution in [0.2, 0.25) is 0 Å². The molecule has 2 rings (SSSR count). The molecule has 0 saturated carbocycles. The third-order valence-electron chi connectivity index (χ3n) is 2.97. The Bertz CT molecular complexity index is 584. The summed E-state index contributed by atoms with van der Waals surface area (Å²) in [5.41, 5.74) is 1.22. The van der Waals surface area contributed by atoms with E-state index in [0.29, 0.717) is 12.8 Å². The van der Waals surface area contributed by atoms with Crippen LogP contribution < -0.4 is 5.32 Å². The molecule has 0 unspecified atom stereocenters. The highest BCUT2D eigenvalue weighted by atomic mass is 19.1. The summed E-state index contributed by atoms with van der Waals surface area (Å²) >= 11 is 0. The van der Waals surface area contributed by atoms with E-state index in [1.807, 2.05) is 30.3 Å². The van der Waals surface area contributed by atoms with Crippen LogP contribution in [0, 0.1) is 11.6 Å². The second-order valence-corrected chi connectivity index (χ2v) is 4.50. The van der Waals surface area contributed by atoms with Crippen LogP contribution in [0.25, 0.3) is 0 Å². The molecule has 0 atom stereocenters. The van der Waals surface area contributed by atoms with E-state index in [1.54, 1.807) is 0 Å². The second kappa shape index (κ2) is 6.80. The van der Waals surface area contributed by atoms with E-state index in [4.69, 9.17) is 0 Å². The number of benzene rings is 2. The lowest BCUT2D eigenvalue weighted by Gasteiger charge is -2.06. The summed E-state index contributed by atoms with van der Waals surface area (Å²) in [6.07, 6.45) is 0.944. The maximum absolute atomic E-state index is 13.4. The van der Waals surface area contributed by atoms with Gasteiger partial charge in [-0.05, 0) is 30.2 Å². The highest BCUT2D eigenvalue weighted by Crippen LogP contribution is 2.09. The van der Waals surface area contributed by atoms with E-state index in [-0.39, 0.29) is 18.0 Å². The lowest BCUT2D eigenvalue weighted by Crippen LogP contribution is -2.23. The van der Waals surface area contributed by atoms with Crippen LogP contribution in [-0.4, -0.2) is 5.91 Å². The number of aryl methyl sites for hydroxylation is 1. The average molecular weight is 275 g/mol. The fourth-order valence-corrected chi connectivity index (χ4v) is 1.86. The predicted molar refractivity (Wildman–Crippen MR) is 73.0 cm³/mol. The maximum Gasteiger partial charge on any atom is 0.220 e. The Kier molecular flexibility index (Phi) is 4.82. The molecule has 0 aliphatic carbocycles. The minimum Gasteiger partial charge on any atom is -0.352 e. The third kappa shape index (κ3) is 4.16. The molecule has 0 radical (unpaired) electrons. The molecule has 0 bridgehead atoms. The fourth-order valence-electron chi connectivity index (χ4n) is 1.86. The number of carbonyl (C=O) groups excluding carboxylic acids is 1. The first-order valence-electron chi connectivity index (χ1n) is 6.40. The van der Waals surface area contributed by atoms with E-state index >= 15 is 0 Å². The molecule has 2 aromatic carbocycles. The van der Waals surface area contributed by atoms with Crippen LogP contribution in [-0.2, 0) is 17.8 Å². The van der Waals surface area contributed by atoms with Crippen molar-refractivity contribution in [3.05, 3.63) is 71.3 Å². The summed E-state index contributed by atoms with van der Waals surface area (Å²) in [6, 6.07) is 12.8. The first-order chi connectivity index (χ1) is 9.65. The highest BCUT2D eigenvalue weighted by Gasteiger charge is 2.06. The Labute approximate surface area is 116 Å². The van der Waals surface area contributed by atoms with Crippen LogP contribution in [0.1, 0.15) is 17.5 Å². The van der Waals surface area contributed by atoms with Gasteiger partial charge in [-0.15, -0.1) is 0 Å². The number of halogens is 2. The van der Waals surface area contributed by atoms with Crippen LogP contribution in [0.15, 0.2) is 48.5 Å². The number of hydrogen-bond donors (Lipinski definition) is 1. The Morgan fingerprint density at radius 3 is 2.55 bits per heavy atom. The van der Waals surface area contributed by atoms with Crippen molar-refractivity contribution in [2.45, 2.75) is 19.4 Å². The average Bonchev–Trinajstić information content (AvgIpc) is 2.47. The molecule has 0 aromatic heterocycles. The summed E-state index contributed by atoms with van der Waals surface area (Å²) in [5.74, 6) is -1.22. The molecule has 0 saturated heterocycles. The zero-order chi connectivity index (χ0) is 14.4. The molecular weight excluding hydrogens is 260 g/mol. The Morgan fingerprint density at radius 1 is 1.05 bits per heavy atom. The lowest BCUT2D eigenvalue weighted by molar-refractivity contribution is -0.121. The molecule has 0 heterocycles. The lowest BCUT2D eigenvalue weighted by atomic mass is 10.1. The quantitative estimate of drug-likeness (QED) is 0.892. The molecule has 2 aromatic rings. The Morgan fingerprint density at radius 2 is 1.80 bits per heavy atom. The number of rotatable bonds is 5. The molecular formula is C16H15F2NO. The van der Waals surface area contributed by atoms with Crippen molar-refractivity contribution in [3.63, 3.8) is 0 Å². The number of amides is 1. The maximum atomic E-state index is 13.4. The Balaban J connectivity index is 1.82. The van der Waals surface area contributed by atoms with Crippen molar-refractivity contribution in [3.8, 4) is 0 Å². The van der Waals surface area contributed by atoms with E-state index in [0.717, 1.165) is 23.8 Å². The summed E-state index contributed by atoms with van der Waals surface area (Å²) in [5, 5.41) is 2.59. The molecule has 1 amide bonds. The molecule has 0 aliphatic heterocycles. The SMILES string of the molecule is O=C(CCc1ccccc1)NCc1cc(F)ccc1F. The molecule has 0 fully saturated rings. The van der Waals surface area contributed by atoms with Gasteiger partial charge in [-0.2, -0.15) is 0 Å². The van der Waals surface area contributed by atoms with Crippen molar-refractivity contribution >= 4 is 5.91 Å².